The van der Waals surface area contributed by atoms with Crippen LogP contribution in [0.4, 0.5) is 5.69 Å². The quantitative estimate of drug-likeness (QED) is 0.464. The molecule has 29 heavy (non-hydrogen) atoms. The topological polar surface area (TPSA) is 86.0 Å². The third-order valence-corrected chi connectivity index (χ3v) is 5.78. The van der Waals surface area contributed by atoms with Gasteiger partial charge in [-0.3, -0.25) is 0 Å². The molecule has 6 heteroatoms. The minimum atomic E-state index is -1.52. The number of nitrogen functional groups attached to an aromatic ring is 1. The van der Waals surface area contributed by atoms with Crippen LogP contribution in [-0.4, -0.2) is 10.1 Å². The van der Waals surface area contributed by atoms with Gasteiger partial charge in [-0.1, -0.05) is 72.9 Å². The van der Waals surface area contributed by atoms with Crippen molar-refractivity contribution in [2.75, 3.05) is 5.73 Å². The van der Waals surface area contributed by atoms with E-state index in [1.54, 1.807) is 12.3 Å². The average Bonchev–Trinajstić information content (AvgIpc) is 2.74. The standard InChI is InChI=1S/C23H20N4OS/c24-14-19-20(16-8-3-1-4-9-16)21(27-13-7-12-18(25)15-27)23(28,26-22(19)29)17-10-5-2-6-11-17/h1-13,15,19-21,28H,25H2/p+1/t19?,20-,21+,23+/m0/s1. The Labute approximate surface area is 175 Å². The van der Waals surface area contributed by atoms with Crippen molar-refractivity contribution in [2.24, 2.45) is 5.92 Å². The maximum absolute atomic E-state index is 12.0. The fraction of sp³-hybridized carbons (Fsp3) is 0.174. The van der Waals surface area contributed by atoms with Crippen LogP contribution in [0.25, 0.3) is 0 Å². The van der Waals surface area contributed by atoms with E-state index < -0.39 is 17.7 Å². The molecule has 1 aromatic heterocycles. The van der Waals surface area contributed by atoms with Crippen LogP contribution in [0, 0.1) is 17.2 Å². The smallest absolute Gasteiger partial charge is 0.227 e. The highest BCUT2D eigenvalue weighted by Crippen LogP contribution is 2.46. The van der Waals surface area contributed by atoms with Gasteiger partial charge in [0.25, 0.3) is 0 Å². The van der Waals surface area contributed by atoms with Gasteiger partial charge in [-0.2, -0.15) is 9.83 Å². The van der Waals surface area contributed by atoms with Crippen molar-refractivity contribution in [3.8, 4) is 6.07 Å². The molecule has 3 aromatic rings. The van der Waals surface area contributed by atoms with Crippen molar-refractivity contribution in [3.63, 3.8) is 0 Å². The maximum Gasteiger partial charge on any atom is 0.227 e. The van der Waals surface area contributed by atoms with Gasteiger partial charge in [0.15, 0.2) is 12.4 Å². The van der Waals surface area contributed by atoms with Crippen molar-refractivity contribution < 1.29 is 9.67 Å². The first-order chi connectivity index (χ1) is 14.0. The van der Waals surface area contributed by atoms with Crippen LogP contribution in [-0.2, 0) is 5.72 Å². The Morgan fingerprint density at radius 3 is 2.31 bits per heavy atom. The molecular formula is C23H21N4OS+. The Morgan fingerprint density at radius 1 is 1.03 bits per heavy atom. The lowest BCUT2D eigenvalue weighted by molar-refractivity contribution is -0.745. The molecule has 4 rings (SSSR count). The number of nitrogens with one attached hydrogen (secondary N) is 1. The summed E-state index contributed by atoms with van der Waals surface area (Å²) in [6.45, 7) is 0. The van der Waals surface area contributed by atoms with Gasteiger partial charge in [0.2, 0.25) is 11.8 Å². The van der Waals surface area contributed by atoms with Crippen LogP contribution >= 0.6 is 12.2 Å². The molecule has 144 valence electrons. The van der Waals surface area contributed by atoms with Crippen molar-refractivity contribution in [1.82, 2.24) is 5.32 Å². The van der Waals surface area contributed by atoms with Crippen LogP contribution in [0.15, 0.2) is 85.2 Å². The first-order valence-corrected chi connectivity index (χ1v) is 9.76. The zero-order valence-electron chi connectivity index (χ0n) is 15.6. The summed E-state index contributed by atoms with van der Waals surface area (Å²) in [4.78, 5) is 0.327. The minimum Gasteiger partial charge on any atom is -0.394 e. The van der Waals surface area contributed by atoms with Crippen LogP contribution in [0.1, 0.15) is 23.1 Å². The molecule has 1 fully saturated rings. The van der Waals surface area contributed by atoms with Gasteiger partial charge in [0.1, 0.15) is 5.92 Å². The molecule has 2 heterocycles. The Morgan fingerprint density at radius 2 is 1.69 bits per heavy atom. The second kappa shape index (κ2) is 7.63. The van der Waals surface area contributed by atoms with E-state index in [1.165, 1.54) is 0 Å². The minimum absolute atomic E-state index is 0.327. The number of aromatic nitrogens is 1. The van der Waals surface area contributed by atoms with Crippen LogP contribution < -0.4 is 15.6 Å². The van der Waals surface area contributed by atoms with Crippen LogP contribution in [0.5, 0.6) is 0 Å². The Hall–Kier alpha value is -3.27. The number of nitrogens with zero attached hydrogens (tertiary/aromatic N) is 2. The van der Waals surface area contributed by atoms with Crippen molar-refractivity contribution in [2.45, 2.75) is 17.7 Å². The number of thiocarbonyl (C=S) groups is 1. The molecule has 4 N–H and O–H groups in total. The zero-order chi connectivity index (χ0) is 20.4. The largest absolute Gasteiger partial charge is 0.394 e. The molecule has 1 saturated heterocycles. The summed E-state index contributed by atoms with van der Waals surface area (Å²) in [5.74, 6) is -0.984. The molecule has 2 aromatic carbocycles. The predicted molar refractivity (Wildman–Crippen MR) is 114 cm³/mol. The second-order valence-electron chi connectivity index (χ2n) is 7.19. The number of hydrogen-bond donors (Lipinski definition) is 3. The van der Waals surface area contributed by atoms with Gasteiger partial charge in [0, 0.05) is 11.6 Å². The number of hydrogen-bond acceptors (Lipinski definition) is 4. The van der Waals surface area contributed by atoms with E-state index in [-0.39, 0.29) is 5.92 Å². The first-order valence-electron chi connectivity index (χ1n) is 9.35. The number of nitriles is 1. The van der Waals surface area contributed by atoms with Gasteiger partial charge in [-0.15, -0.1) is 0 Å². The fourth-order valence-electron chi connectivity index (χ4n) is 4.15. The molecule has 0 amide bonds. The molecular weight excluding hydrogens is 380 g/mol. The van der Waals surface area contributed by atoms with E-state index in [1.807, 2.05) is 77.5 Å². The van der Waals surface area contributed by atoms with Gasteiger partial charge < -0.3 is 16.2 Å². The number of rotatable bonds is 3. The molecule has 0 saturated carbocycles. The number of piperidine rings is 1. The first kappa shape index (κ1) is 19.1. The van der Waals surface area contributed by atoms with Gasteiger partial charge in [-0.25, -0.2) is 0 Å². The summed E-state index contributed by atoms with van der Waals surface area (Å²) in [5, 5.41) is 25.0. The van der Waals surface area contributed by atoms with Crippen molar-refractivity contribution in [3.05, 3.63) is 96.3 Å². The lowest BCUT2D eigenvalue weighted by atomic mass is 9.71. The number of benzene rings is 2. The average molecular weight is 402 g/mol. The predicted octanol–water partition coefficient (Wildman–Crippen LogP) is 2.80. The highest BCUT2D eigenvalue weighted by molar-refractivity contribution is 7.80. The highest BCUT2D eigenvalue weighted by Gasteiger charge is 2.58. The van der Waals surface area contributed by atoms with Crippen molar-refractivity contribution in [1.29, 1.82) is 5.26 Å². The van der Waals surface area contributed by atoms with Crippen molar-refractivity contribution >= 4 is 22.9 Å². The molecule has 0 radical (unpaired) electrons. The third kappa shape index (κ3) is 3.35. The molecule has 1 unspecified atom stereocenters. The summed E-state index contributed by atoms with van der Waals surface area (Å²) in [6, 6.07) is 24.5. The molecule has 1 aliphatic heterocycles. The zero-order valence-corrected chi connectivity index (χ0v) is 16.5. The summed E-state index contributed by atoms with van der Waals surface area (Å²) in [6.07, 6.45) is 3.63. The van der Waals surface area contributed by atoms with Gasteiger partial charge in [-0.05, 0) is 11.6 Å². The summed E-state index contributed by atoms with van der Waals surface area (Å²) in [7, 11) is 0. The van der Waals surface area contributed by atoms with E-state index in [4.69, 9.17) is 18.0 Å². The SMILES string of the molecule is N#CC1C(=S)N[C@@](O)(c2ccccc2)[C@H]([n+]2cccc(N)c2)[C@H]1c1ccccc1. The number of anilines is 1. The van der Waals surface area contributed by atoms with Gasteiger partial charge in [0.05, 0.1) is 22.7 Å². The Balaban J connectivity index is 1.99. The third-order valence-electron chi connectivity index (χ3n) is 5.43. The van der Waals surface area contributed by atoms with E-state index in [9.17, 15) is 10.4 Å². The highest BCUT2D eigenvalue weighted by atomic mass is 32.1. The molecule has 0 bridgehead atoms. The van der Waals surface area contributed by atoms with Gasteiger partial charge >= 0.3 is 0 Å². The van der Waals surface area contributed by atoms with E-state index in [2.05, 4.69) is 11.4 Å². The molecule has 5 nitrogen and oxygen atoms in total. The number of pyridine rings is 1. The van der Waals surface area contributed by atoms with E-state index >= 15 is 0 Å². The molecule has 1 aliphatic rings. The molecule has 0 aliphatic carbocycles. The Kier molecular flexibility index (Phi) is 5.01. The Bertz CT molecular complexity index is 1070. The summed E-state index contributed by atoms with van der Waals surface area (Å²) in [5.41, 5.74) is 6.69. The van der Waals surface area contributed by atoms with E-state index in [0.29, 0.717) is 16.2 Å². The monoisotopic (exact) mass is 401 g/mol. The number of aliphatic hydroxyl groups is 1. The lowest BCUT2D eigenvalue weighted by Gasteiger charge is -2.44. The second-order valence-corrected chi connectivity index (χ2v) is 7.63. The summed E-state index contributed by atoms with van der Waals surface area (Å²) < 4.78 is 1.87. The summed E-state index contributed by atoms with van der Waals surface area (Å²) >= 11 is 5.55. The fourth-order valence-corrected chi connectivity index (χ4v) is 4.51. The van der Waals surface area contributed by atoms with E-state index in [0.717, 1.165) is 5.56 Å². The van der Waals surface area contributed by atoms with Crippen LogP contribution in [0.3, 0.4) is 0 Å². The normalized spacial score (nSPS) is 26.3. The van der Waals surface area contributed by atoms with Crippen LogP contribution in [0.2, 0.25) is 0 Å². The lowest BCUT2D eigenvalue weighted by Crippen LogP contribution is -2.67. The number of nitrogens with two attached hydrogens (primary N) is 1. The maximum atomic E-state index is 12.0. The molecule has 0 spiro atoms. The molecule has 4 atom stereocenters.